The first-order valence-electron chi connectivity index (χ1n) is 8.03. The molecule has 0 aromatic heterocycles. The molecule has 0 fully saturated rings. The topological polar surface area (TPSA) is 84.2 Å². The van der Waals surface area contributed by atoms with Crippen LogP contribution in [0, 0.1) is 12.7 Å². The van der Waals surface area contributed by atoms with Crippen molar-refractivity contribution in [2.45, 2.75) is 32.4 Å². The van der Waals surface area contributed by atoms with Gasteiger partial charge >= 0.3 is 6.03 Å². The molecule has 2 rings (SSSR count). The second kappa shape index (κ2) is 8.28. The van der Waals surface area contributed by atoms with Crippen LogP contribution in [0.1, 0.15) is 42.1 Å². The average molecular weight is 343 g/mol. The zero-order valence-electron chi connectivity index (χ0n) is 14.3. The summed E-state index contributed by atoms with van der Waals surface area (Å²) in [6.45, 7) is 3.63. The first-order chi connectivity index (χ1) is 11.9. The molecule has 132 valence electrons. The van der Waals surface area contributed by atoms with Crippen LogP contribution in [0.2, 0.25) is 0 Å². The van der Waals surface area contributed by atoms with Gasteiger partial charge in [0.2, 0.25) is 5.91 Å². The van der Waals surface area contributed by atoms with Gasteiger partial charge in [-0.2, -0.15) is 0 Å². The summed E-state index contributed by atoms with van der Waals surface area (Å²) in [4.78, 5) is 23.6. The van der Waals surface area contributed by atoms with Crippen LogP contribution in [0.5, 0.6) is 0 Å². The second-order valence-corrected chi connectivity index (χ2v) is 5.99. The largest absolute Gasteiger partial charge is 0.352 e. The number of carbonyl (C=O) groups excluding carboxylic acids is 2. The van der Waals surface area contributed by atoms with Gasteiger partial charge in [0.1, 0.15) is 5.82 Å². The Kier molecular flexibility index (Phi) is 6.11. The van der Waals surface area contributed by atoms with Crippen molar-refractivity contribution in [1.82, 2.24) is 10.6 Å². The lowest BCUT2D eigenvalue weighted by atomic mass is 10.0. The summed E-state index contributed by atoms with van der Waals surface area (Å²) in [5, 5.41) is 5.34. The highest BCUT2D eigenvalue weighted by Gasteiger charge is 2.20. The fourth-order valence-electron chi connectivity index (χ4n) is 2.70. The highest BCUT2D eigenvalue weighted by Crippen LogP contribution is 2.20. The Balaban J connectivity index is 2.09. The molecule has 5 nitrogen and oxygen atoms in total. The van der Waals surface area contributed by atoms with E-state index in [1.54, 1.807) is 25.1 Å². The third-order valence-electron chi connectivity index (χ3n) is 3.90. The van der Waals surface area contributed by atoms with Gasteiger partial charge in [0.25, 0.3) is 0 Å². The molecule has 0 saturated carbocycles. The number of hydrogen-bond acceptors (Lipinski definition) is 2. The molecule has 2 aromatic rings. The molecule has 2 atom stereocenters. The zero-order valence-corrected chi connectivity index (χ0v) is 14.3. The van der Waals surface area contributed by atoms with E-state index in [0.29, 0.717) is 5.56 Å². The van der Waals surface area contributed by atoms with E-state index in [0.717, 1.165) is 11.1 Å². The van der Waals surface area contributed by atoms with Gasteiger partial charge in [-0.15, -0.1) is 0 Å². The van der Waals surface area contributed by atoms with Crippen molar-refractivity contribution in [3.05, 3.63) is 71.0 Å². The number of hydrogen-bond donors (Lipinski definition) is 3. The predicted octanol–water partition coefficient (Wildman–Crippen LogP) is 3.11. The van der Waals surface area contributed by atoms with Crippen LogP contribution in [-0.2, 0) is 4.79 Å². The summed E-state index contributed by atoms with van der Waals surface area (Å²) in [6, 6.07) is 12.0. The van der Waals surface area contributed by atoms with Gasteiger partial charge in [-0.1, -0.05) is 48.0 Å². The standard InChI is InChI=1S/C19H22FN3O2/c1-12-6-5-7-14(10-12)17(23-19(21)25)11-18(24)22-13(2)15-8-3-4-9-16(15)20/h3-10,13,17H,11H2,1-2H3,(H,22,24)(H3,21,23,25). The predicted molar refractivity (Wildman–Crippen MR) is 94.2 cm³/mol. The Morgan fingerprint density at radius 2 is 1.84 bits per heavy atom. The zero-order chi connectivity index (χ0) is 18.4. The summed E-state index contributed by atoms with van der Waals surface area (Å²) in [6.07, 6.45) is 0.00514. The van der Waals surface area contributed by atoms with E-state index < -0.39 is 18.1 Å². The Bertz CT molecular complexity index is 764. The number of nitrogens with one attached hydrogen (secondary N) is 2. The molecule has 4 N–H and O–H groups in total. The molecule has 0 bridgehead atoms. The molecule has 6 heteroatoms. The van der Waals surface area contributed by atoms with Crippen molar-refractivity contribution < 1.29 is 14.0 Å². The molecule has 0 aliphatic rings. The number of rotatable bonds is 6. The minimum absolute atomic E-state index is 0.00514. The maximum absolute atomic E-state index is 13.8. The minimum atomic E-state index is -0.707. The maximum Gasteiger partial charge on any atom is 0.312 e. The molecule has 3 amide bonds. The first kappa shape index (κ1) is 18.4. The molecule has 0 radical (unpaired) electrons. The summed E-state index contributed by atoms with van der Waals surface area (Å²) in [7, 11) is 0. The Labute approximate surface area is 146 Å². The van der Waals surface area contributed by atoms with E-state index >= 15 is 0 Å². The van der Waals surface area contributed by atoms with E-state index in [-0.39, 0.29) is 18.1 Å². The number of nitrogens with two attached hydrogens (primary N) is 1. The van der Waals surface area contributed by atoms with Crippen LogP contribution in [0.4, 0.5) is 9.18 Å². The highest BCUT2D eigenvalue weighted by molar-refractivity contribution is 5.79. The van der Waals surface area contributed by atoms with Crippen LogP contribution >= 0.6 is 0 Å². The van der Waals surface area contributed by atoms with Crippen molar-refractivity contribution >= 4 is 11.9 Å². The molecule has 2 unspecified atom stereocenters. The molecule has 2 aromatic carbocycles. The lowest BCUT2D eigenvalue weighted by Gasteiger charge is -2.20. The van der Waals surface area contributed by atoms with Crippen molar-refractivity contribution in [3.63, 3.8) is 0 Å². The van der Waals surface area contributed by atoms with Gasteiger partial charge in [0.05, 0.1) is 18.5 Å². The monoisotopic (exact) mass is 343 g/mol. The maximum atomic E-state index is 13.8. The van der Waals surface area contributed by atoms with Crippen LogP contribution in [0.15, 0.2) is 48.5 Å². The van der Waals surface area contributed by atoms with E-state index in [1.165, 1.54) is 6.07 Å². The van der Waals surface area contributed by atoms with Crippen LogP contribution in [-0.4, -0.2) is 11.9 Å². The van der Waals surface area contributed by atoms with Gasteiger partial charge in [-0.25, -0.2) is 9.18 Å². The molecule has 0 heterocycles. The molecular weight excluding hydrogens is 321 g/mol. The molecular formula is C19H22FN3O2. The van der Waals surface area contributed by atoms with Crippen molar-refractivity contribution in [1.29, 1.82) is 0 Å². The summed E-state index contributed by atoms with van der Waals surface area (Å²) < 4.78 is 13.8. The summed E-state index contributed by atoms with van der Waals surface area (Å²) in [5.41, 5.74) is 7.43. The van der Waals surface area contributed by atoms with E-state index in [9.17, 15) is 14.0 Å². The van der Waals surface area contributed by atoms with Gasteiger partial charge < -0.3 is 16.4 Å². The van der Waals surface area contributed by atoms with E-state index in [2.05, 4.69) is 10.6 Å². The molecule has 0 aliphatic heterocycles. The fraction of sp³-hybridized carbons (Fsp3) is 0.263. The normalized spacial score (nSPS) is 12.9. The number of primary amides is 1. The molecule has 25 heavy (non-hydrogen) atoms. The van der Waals surface area contributed by atoms with Gasteiger partial charge in [0.15, 0.2) is 0 Å². The van der Waals surface area contributed by atoms with Gasteiger partial charge in [-0.05, 0) is 25.5 Å². The summed E-state index contributed by atoms with van der Waals surface area (Å²) >= 11 is 0. The smallest absolute Gasteiger partial charge is 0.312 e. The average Bonchev–Trinajstić information content (AvgIpc) is 2.54. The van der Waals surface area contributed by atoms with Gasteiger partial charge in [-0.3, -0.25) is 4.79 Å². The number of amides is 3. The highest BCUT2D eigenvalue weighted by atomic mass is 19.1. The number of aryl methyl sites for hydroxylation is 1. The molecule has 0 aliphatic carbocycles. The van der Waals surface area contributed by atoms with Crippen molar-refractivity contribution in [2.75, 3.05) is 0 Å². The van der Waals surface area contributed by atoms with Gasteiger partial charge in [0, 0.05) is 5.56 Å². The SMILES string of the molecule is Cc1cccc(C(CC(=O)NC(C)c2ccccc2F)NC(N)=O)c1. The Morgan fingerprint density at radius 1 is 1.12 bits per heavy atom. The minimum Gasteiger partial charge on any atom is -0.352 e. The van der Waals surface area contributed by atoms with Crippen molar-refractivity contribution in [2.24, 2.45) is 5.73 Å². The second-order valence-electron chi connectivity index (χ2n) is 5.99. The first-order valence-corrected chi connectivity index (χ1v) is 8.03. The third-order valence-corrected chi connectivity index (χ3v) is 3.90. The fourth-order valence-corrected chi connectivity index (χ4v) is 2.70. The molecule has 0 spiro atoms. The third kappa shape index (κ3) is 5.31. The lowest BCUT2D eigenvalue weighted by Crippen LogP contribution is -2.37. The van der Waals surface area contributed by atoms with Crippen molar-refractivity contribution in [3.8, 4) is 0 Å². The quantitative estimate of drug-likeness (QED) is 0.753. The Hall–Kier alpha value is -2.89. The number of carbonyl (C=O) groups is 2. The van der Waals surface area contributed by atoms with Crippen LogP contribution < -0.4 is 16.4 Å². The van der Waals surface area contributed by atoms with Crippen LogP contribution in [0.25, 0.3) is 0 Å². The number of benzene rings is 2. The summed E-state index contributed by atoms with van der Waals surface area (Å²) in [5.74, 6) is -0.684. The lowest BCUT2D eigenvalue weighted by molar-refractivity contribution is -0.122. The molecule has 0 saturated heterocycles. The van der Waals surface area contributed by atoms with Crippen LogP contribution in [0.3, 0.4) is 0 Å². The Morgan fingerprint density at radius 3 is 2.48 bits per heavy atom. The number of halogens is 1. The van der Waals surface area contributed by atoms with E-state index in [4.69, 9.17) is 5.73 Å². The number of urea groups is 1. The van der Waals surface area contributed by atoms with E-state index in [1.807, 2.05) is 31.2 Å².